The first-order valence-electron chi connectivity index (χ1n) is 14.2. The van der Waals surface area contributed by atoms with E-state index in [9.17, 15) is 28.3 Å². The molecule has 5 rings (SSSR count). The monoisotopic (exact) mass is 630 g/mol. The van der Waals surface area contributed by atoms with Crippen LogP contribution in [-0.2, 0) is 11.8 Å². The van der Waals surface area contributed by atoms with Crippen molar-refractivity contribution >= 4 is 35.0 Å². The van der Waals surface area contributed by atoms with E-state index >= 15 is 0 Å². The van der Waals surface area contributed by atoms with E-state index in [4.69, 9.17) is 16.3 Å². The van der Waals surface area contributed by atoms with Crippen LogP contribution in [0.4, 0.5) is 14.5 Å². The van der Waals surface area contributed by atoms with Gasteiger partial charge in [-0.15, -0.1) is 0 Å². The van der Waals surface area contributed by atoms with Gasteiger partial charge in [-0.1, -0.05) is 11.6 Å². The SMILES string of the molecule is COc1ccc(-c2cnc(C(=O)Nc3ccc(C(=O)N4CCC(C(=O)N5CCN[C@H](CO)C5)CC4)c(Cl)c3)n2C)c(F)c1F. The molecule has 3 heterocycles. The molecule has 3 amide bonds. The number of halogens is 3. The second kappa shape index (κ2) is 13.3. The Labute approximate surface area is 257 Å². The Morgan fingerprint density at radius 1 is 1.11 bits per heavy atom. The highest BCUT2D eigenvalue weighted by molar-refractivity contribution is 6.34. The van der Waals surface area contributed by atoms with Crippen molar-refractivity contribution in [2.75, 3.05) is 51.8 Å². The zero-order valence-electron chi connectivity index (χ0n) is 24.3. The summed E-state index contributed by atoms with van der Waals surface area (Å²) in [5, 5.41) is 15.4. The van der Waals surface area contributed by atoms with Crippen molar-refractivity contribution in [3.05, 3.63) is 64.6 Å². The van der Waals surface area contributed by atoms with Gasteiger partial charge < -0.3 is 34.8 Å². The summed E-state index contributed by atoms with van der Waals surface area (Å²) in [5.41, 5.74) is 0.666. The number of carbonyl (C=O) groups excluding carboxylic acids is 3. The molecule has 2 aliphatic heterocycles. The summed E-state index contributed by atoms with van der Waals surface area (Å²) in [6, 6.07) is 7.01. The van der Waals surface area contributed by atoms with Gasteiger partial charge in [-0.2, -0.15) is 4.39 Å². The molecule has 11 nitrogen and oxygen atoms in total. The molecule has 0 saturated carbocycles. The Bertz CT molecular complexity index is 1580. The fraction of sp³-hybridized carbons (Fsp3) is 0.400. The van der Waals surface area contributed by atoms with Gasteiger partial charge >= 0.3 is 0 Å². The number of methoxy groups -OCH3 is 1. The third-order valence-corrected chi connectivity index (χ3v) is 8.42. The molecule has 0 unspecified atom stereocenters. The van der Waals surface area contributed by atoms with Crippen molar-refractivity contribution < 1.29 is 33.0 Å². The standard InChI is InChI=1S/C30H33ClF2N6O5/c1-37-23(21-5-6-24(44-2)26(33)25(21)32)14-35-27(37)28(41)36-18-3-4-20(22(31)13-18)30(43)38-10-7-17(8-11-38)29(42)39-12-9-34-19(15-39)16-40/h3-6,13-14,17,19,34,40H,7-12,15-16H2,1-2H3,(H,36,41)/t19-/m0/s1. The summed E-state index contributed by atoms with van der Waals surface area (Å²) in [7, 11) is 2.73. The second-order valence-corrected chi connectivity index (χ2v) is 11.2. The van der Waals surface area contributed by atoms with E-state index in [0.29, 0.717) is 51.3 Å². The van der Waals surface area contributed by atoms with Crippen LogP contribution in [0.2, 0.25) is 5.02 Å². The van der Waals surface area contributed by atoms with Crippen molar-refractivity contribution in [3.8, 4) is 17.0 Å². The Balaban J connectivity index is 1.20. The molecule has 1 atom stereocenters. The molecule has 2 saturated heterocycles. The number of aliphatic hydroxyl groups is 1. The molecule has 3 aromatic rings. The summed E-state index contributed by atoms with van der Waals surface area (Å²) < 4.78 is 35.0. The van der Waals surface area contributed by atoms with Crippen molar-refractivity contribution in [3.63, 3.8) is 0 Å². The number of piperazine rings is 1. The number of aliphatic hydroxyl groups excluding tert-OH is 1. The van der Waals surface area contributed by atoms with Crippen molar-refractivity contribution in [2.24, 2.45) is 13.0 Å². The first-order chi connectivity index (χ1) is 21.1. The summed E-state index contributed by atoms with van der Waals surface area (Å²) in [5.74, 6) is -3.60. The highest BCUT2D eigenvalue weighted by atomic mass is 35.5. The first kappa shape index (κ1) is 31.4. The van der Waals surface area contributed by atoms with E-state index in [2.05, 4.69) is 15.6 Å². The van der Waals surface area contributed by atoms with Crippen molar-refractivity contribution in [2.45, 2.75) is 18.9 Å². The number of amides is 3. The lowest BCUT2D eigenvalue weighted by atomic mass is 9.94. The molecule has 0 aliphatic carbocycles. The van der Waals surface area contributed by atoms with Gasteiger partial charge in [-0.25, -0.2) is 9.37 Å². The van der Waals surface area contributed by atoms with Gasteiger partial charge in [0.1, 0.15) is 0 Å². The van der Waals surface area contributed by atoms with Crippen molar-refractivity contribution in [1.29, 1.82) is 0 Å². The number of carbonyl (C=O) groups is 3. The number of hydrogen-bond acceptors (Lipinski definition) is 7. The molecule has 44 heavy (non-hydrogen) atoms. The fourth-order valence-corrected chi connectivity index (χ4v) is 5.88. The van der Waals surface area contributed by atoms with Crippen LogP contribution in [0.5, 0.6) is 5.75 Å². The highest BCUT2D eigenvalue weighted by Crippen LogP contribution is 2.31. The molecule has 234 valence electrons. The van der Waals surface area contributed by atoms with E-state index in [-0.39, 0.29) is 63.8 Å². The van der Waals surface area contributed by atoms with Crippen LogP contribution in [0.15, 0.2) is 36.5 Å². The van der Waals surface area contributed by atoms with E-state index in [1.807, 2.05) is 0 Å². The van der Waals surface area contributed by atoms with Gasteiger partial charge in [0.25, 0.3) is 11.8 Å². The summed E-state index contributed by atoms with van der Waals surface area (Å²) >= 11 is 6.46. The summed E-state index contributed by atoms with van der Waals surface area (Å²) in [4.78, 5) is 46.8. The molecule has 14 heteroatoms. The van der Waals surface area contributed by atoms with E-state index in [1.54, 1.807) is 9.80 Å². The minimum absolute atomic E-state index is 0.0297. The topological polar surface area (TPSA) is 129 Å². The quantitative estimate of drug-likeness (QED) is 0.366. The zero-order chi connectivity index (χ0) is 31.5. The molecule has 2 aliphatic rings. The lowest BCUT2D eigenvalue weighted by Crippen LogP contribution is -2.56. The van der Waals surface area contributed by atoms with E-state index in [1.165, 1.54) is 55.3 Å². The number of rotatable bonds is 7. The summed E-state index contributed by atoms with van der Waals surface area (Å²) in [6.45, 7) is 2.47. The molecule has 0 radical (unpaired) electrons. The first-order valence-corrected chi connectivity index (χ1v) is 14.6. The number of piperidine rings is 1. The average Bonchev–Trinajstić information content (AvgIpc) is 3.42. The number of anilines is 1. The maximum atomic E-state index is 14.6. The lowest BCUT2D eigenvalue weighted by molar-refractivity contribution is -0.138. The van der Waals surface area contributed by atoms with E-state index in [0.717, 1.165) is 0 Å². The number of aromatic nitrogens is 2. The molecule has 2 aromatic carbocycles. The van der Waals surface area contributed by atoms with Crippen LogP contribution in [0.1, 0.15) is 33.8 Å². The lowest BCUT2D eigenvalue weighted by Gasteiger charge is -2.38. The van der Waals surface area contributed by atoms with Crippen LogP contribution in [0.25, 0.3) is 11.3 Å². The largest absolute Gasteiger partial charge is 0.494 e. The van der Waals surface area contributed by atoms with Gasteiger partial charge in [0.15, 0.2) is 17.4 Å². The smallest absolute Gasteiger partial charge is 0.291 e. The molecular formula is C30H33ClF2N6O5. The average molecular weight is 631 g/mol. The number of imidazole rings is 1. The van der Waals surface area contributed by atoms with Gasteiger partial charge in [0.05, 0.1) is 36.2 Å². The molecular weight excluding hydrogens is 598 g/mol. The molecule has 0 spiro atoms. The van der Waals surface area contributed by atoms with Gasteiger partial charge in [-0.3, -0.25) is 14.4 Å². The number of nitrogens with zero attached hydrogens (tertiary/aromatic N) is 4. The van der Waals surface area contributed by atoms with Crippen molar-refractivity contribution in [1.82, 2.24) is 24.7 Å². The van der Waals surface area contributed by atoms with Gasteiger partial charge in [0.2, 0.25) is 11.7 Å². The second-order valence-electron chi connectivity index (χ2n) is 10.8. The van der Waals surface area contributed by atoms with Crippen LogP contribution in [0, 0.1) is 17.6 Å². The predicted molar refractivity (Wildman–Crippen MR) is 159 cm³/mol. The van der Waals surface area contributed by atoms with Crippen LogP contribution in [-0.4, -0.2) is 94.7 Å². The fourth-order valence-electron chi connectivity index (χ4n) is 5.62. The van der Waals surface area contributed by atoms with E-state index < -0.39 is 17.5 Å². The molecule has 3 N–H and O–H groups in total. The van der Waals surface area contributed by atoms with Crippen LogP contribution in [0.3, 0.4) is 0 Å². The Kier molecular flexibility index (Phi) is 9.47. The summed E-state index contributed by atoms with van der Waals surface area (Å²) in [6.07, 6.45) is 2.33. The highest BCUT2D eigenvalue weighted by Gasteiger charge is 2.33. The maximum Gasteiger partial charge on any atom is 0.291 e. The number of hydrogen-bond donors (Lipinski definition) is 3. The Hall–Kier alpha value is -4.07. The normalized spacial score (nSPS) is 17.5. The Morgan fingerprint density at radius 2 is 1.86 bits per heavy atom. The van der Waals surface area contributed by atoms with Gasteiger partial charge in [-0.05, 0) is 43.2 Å². The Morgan fingerprint density at radius 3 is 2.55 bits per heavy atom. The van der Waals surface area contributed by atoms with Gasteiger partial charge in [0, 0.05) is 63.0 Å². The third kappa shape index (κ3) is 6.26. The number of likely N-dealkylation sites (tertiary alicyclic amines) is 1. The maximum absolute atomic E-state index is 14.6. The minimum atomic E-state index is -1.15. The molecule has 0 bridgehead atoms. The minimum Gasteiger partial charge on any atom is -0.494 e. The zero-order valence-corrected chi connectivity index (χ0v) is 25.0. The number of nitrogens with one attached hydrogen (secondary N) is 2. The molecule has 2 fully saturated rings. The molecule has 1 aromatic heterocycles. The van der Waals surface area contributed by atoms with Crippen LogP contribution < -0.4 is 15.4 Å². The third-order valence-electron chi connectivity index (χ3n) is 8.11. The number of benzene rings is 2. The number of ether oxygens (including phenoxy) is 1. The van der Waals surface area contributed by atoms with Crippen LogP contribution >= 0.6 is 11.6 Å². The predicted octanol–water partition coefficient (Wildman–Crippen LogP) is 2.92.